The number of hydrogen-bond donors (Lipinski definition) is 1. The largest absolute Gasteiger partial charge is 0.420 e. The number of hydrogen-bond acceptors (Lipinski definition) is 3. The first-order chi connectivity index (χ1) is 10.9. The Morgan fingerprint density at radius 2 is 1.70 bits per heavy atom. The van der Waals surface area contributed by atoms with Gasteiger partial charge in [-0.2, -0.15) is 4.39 Å². The van der Waals surface area contributed by atoms with E-state index in [-0.39, 0.29) is 17.4 Å². The van der Waals surface area contributed by atoms with E-state index in [2.05, 4.69) is 5.32 Å². The second-order valence-electron chi connectivity index (χ2n) is 5.16. The minimum atomic E-state index is -1.22. The molecule has 6 heteroatoms. The van der Waals surface area contributed by atoms with Crippen molar-refractivity contribution in [2.45, 2.75) is 13.8 Å². The third kappa shape index (κ3) is 4.12. The van der Waals surface area contributed by atoms with Crippen LogP contribution in [0.3, 0.4) is 0 Å². The summed E-state index contributed by atoms with van der Waals surface area (Å²) in [5.41, 5.74) is 0.674. The number of anilines is 1. The number of carbonyl (C=O) groups excluding carboxylic acids is 2. The number of benzene rings is 2. The Labute approximate surface area is 132 Å². The molecular weight excluding hydrogens is 304 g/mol. The number of nitrogens with one attached hydrogen (secondary N) is 1. The number of carbonyl (C=O) groups is 2. The molecule has 0 aromatic heterocycles. The monoisotopic (exact) mass is 319 g/mol. The molecular formula is C17H15F2NO3. The fourth-order valence-corrected chi connectivity index (χ4v) is 1.70. The Morgan fingerprint density at radius 3 is 2.30 bits per heavy atom. The first-order valence-corrected chi connectivity index (χ1v) is 6.95. The summed E-state index contributed by atoms with van der Waals surface area (Å²) >= 11 is 0. The molecule has 4 nitrogen and oxygen atoms in total. The topological polar surface area (TPSA) is 55.4 Å². The van der Waals surface area contributed by atoms with Gasteiger partial charge in [0.2, 0.25) is 11.7 Å². The van der Waals surface area contributed by atoms with Gasteiger partial charge in [-0.15, -0.1) is 0 Å². The van der Waals surface area contributed by atoms with Crippen molar-refractivity contribution in [2.24, 2.45) is 5.92 Å². The van der Waals surface area contributed by atoms with Crippen molar-refractivity contribution in [1.82, 2.24) is 0 Å². The normalized spacial score (nSPS) is 10.5. The lowest BCUT2D eigenvalue weighted by Gasteiger charge is -2.09. The van der Waals surface area contributed by atoms with Crippen LogP contribution in [0.1, 0.15) is 24.2 Å². The SMILES string of the molecule is CC(C)C(=O)Nc1ccc(C(=O)Oc2cccc(F)c2F)cc1. The van der Waals surface area contributed by atoms with Gasteiger partial charge >= 0.3 is 5.97 Å². The molecule has 2 aromatic carbocycles. The van der Waals surface area contributed by atoms with Gasteiger partial charge in [-0.3, -0.25) is 4.79 Å². The lowest BCUT2D eigenvalue weighted by atomic mass is 10.1. The molecule has 1 amide bonds. The Hall–Kier alpha value is -2.76. The van der Waals surface area contributed by atoms with E-state index in [0.29, 0.717) is 5.69 Å². The van der Waals surface area contributed by atoms with Crippen LogP contribution in [0.2, 0.25) is 0 Å². The maximum atomic E-state index is 13.5. The van der Waals surface area contributed by atoms with Gasteiger partial charge in [-0.05, 0) is 36.4 Å². The average molecular weight is 319 g/mol. The van der Waals surface area contributed by atoms with Gasteiger partial charge in [0.25, 0.3) is 0 Å². The zero-order valence-electron chi connectivity index (χ0n) is 12.6. The fourth-order valence-electron chi connectivity index (χ4n) is 1.70. The summed E-state index contributed by atoms with van der Waals surface area (Å²) in [6.07, 6.45) is 0. The smallest absolute Gasteiger partial charge is 0.343 e. The molecule has 0 aliphatic carbocycles. The molecule has 0 saturated heterocycles. The molecule has 1 N–H and O–H groups in total. The predicted octanol–water partition coefficient (Wildman–Crippen LogP) is 3.78. The van der Waals surface area contributed by atoms with E-state index in [1.54, 1.807) is 13.8 Å². The molecule has 0 atom stereocenters. The molecule has 2 rings (SSSR count). The summed E-state index contributed by atoms with van der Waals surface area (Å²) in [5.74, 6) is -3.94. The van der Waals surface area contributed by atoms with Crippen LogP contribution < -0.4 is 10.1 Å². The molecule has 0 radical (unpaired) electrons. The second kappa shape index (κ2) is 7.00. The Bertz CT molecular complexity index is 727. The Kier molecular flexibility index (Phi) is 5.05. The quantitative estimate of drug-likeness (QED) is 0.689. The Balaban J connectivity index is 2.08. The van der Waals surface area contributed by atoms with E-state index >= 15 is 0 Å². The third-order valence-corrected chi connectivity index (χ3v) is 3.03. The predicted molar refractivity (Wildman–Crippen MR) is 81.2 cm³/mol. The van der Waals surface area contributed by atoms with Gasteiger partial charge < -0.3 is 10.1 Å². The molecule has 23 heavy (non-hydrogen) atoms. The van der Waals surface area contributed by atoms with E-state index in [1.165, 1.54) is 30.3 Å². The van der Waals surface area contributed by atoms with Gasteiger partial charge in [0.15, 0.2) is 11.6 Å². The number of halogens is 2. The molecule has 0 heterocycles. The van der Waals surface area contributed by atoms with E-state index in [9.17, 15) is 18.4 Å². The van der Waals surface area contributed by atoms with Crippen LogP contribution in [0.15, 0.2) is 42.5 Å². The van der Waals surface area contributed by atoms with E-state index in [1.807, 2.05) is 0 Å². The maximum Gasteiger partial charge on any atom is 0.343 e. The molecule has 0 spiro atoms. The molecule has 0 aliphatic heterocycles. The maximum absolute atomic E-state index is 13.5. The molecule has 0 aliphatic rings. The van der Waals surface area contributed by atoms with E-state index in [4.69, 9.17) is 4.74 Å². The number of amides is 1. The minimum absolute atomic E-state index is 0.149. The van der Waals surface area contributed by atoms with Gasteiger partial charge in [0.1, 0.15) is 0 Å². The van der Waals surface area contributed by atoms with Crippen molar-refractivity contribution in [3.05, 3.63) is 59.7 Å². The number of ether oxygens (including phenoxy) is 1. The van der Waals surface area contributed by atoms with Gasteiger partial charge in [-0.1, -0.05) is 19.9 Å². The molecule has 0 bridgehead atoms. The summed E-state index contributed by atoms with van der Waals surface area (Å²) in [7, 11) is 0. The summed E-state index contributed by atoms with van der Waals surface area (Å²) in [6, 6.07) is 9.24. The lowest BCUT2D eigenvalue weighted by molar-refractivity contribution is -0.118. The van der Waals surface area contributed by atoms with Crippen LogP contribution in [0.5, 0.6) is 5.75 Å². The highest BCUT2D eigenvalue weighted by molar-refractivity contribution is 5.94. The van der Waals surface area contributed by atoms with Crippen molar-refractivity contribution in [3.8, 4) is 5.75 Å². The van der Waals surface area contributed by atoms with Crippen molar-refractivity contribution in [2.75, 3.05) is 5.32 Å². The van der Waals surface area contributed by atoms with E-state index < -0.39 is 23.4 Å². The zero-order valence-corrected chi connectivity index (χ0v) is 12.6. The lowest BCUT2D eigenvalue weighted by Crippen LogP contribution is -2.17. The van der Waals surface area contributed by atoms with Gasteiger partial charge in [0.05, 0.1) is 5.56 Å². The number of rotatable bonds is 4. The van der Waals surface area contributed by atoms with Crippen molar-refractivity contribution in [3.63, 3.8) is 0 Å². The van der Waals surface area contributed by atoms with Gasteiger partial charge in [0, 0.05) is 11.6 Å². The van der Waals surface area contributed by atoms with E-state index in [0.717, 1.165) is 12.1 Å². The average Bonchev–Trinajstić information content (AvgIpc) is 2.52. The highest BCUT2D eigenvalue weighted by Gasteiger charge is 2.15. The second-order valence-corrected chi connectivity index (χ2v) is 5.16. The summed E-state index contributed by atoms with van der Waals surface area (Å²) in [5, 5.41) is 2.67. The molecule has 0 saturated carbocycles. The summed E-state index contributed by atoms with van der Waals surface area (Å²) < 4.78 is 31.4. The summed E-state index contributed by atoms with van der Waals surface area (Å²) in [6.45, 7) is 3.52. The van der Waals surface area contributed by atoms with Crippen LogP contribution in [0.4, 0.5) is 14.5 Å². The highest BCUT2D eigenvalue weighted by Crippen LogP contribution is 2.21. The standard InChI is InChI=1S/C17H15F2NO3/c1-10(2)16(21)20-12-8-6-11(7-9-12)17(22)23-14-5-3-4-13(18)15(14)19/h3-10H,1-2H3,(H,20,21). The van der Waals surface area contributed by atoms with Crippen LogP contribution in [0.25, 0.3) is 0 Å². The first-order valence-electron chi connectivity index (χ1n) is 6.95. The molecule has 0 unspecified atom stereocenters. The zero-order chi connectivity index (χ0) is 17.0. The molecule has 120 valence electrons. The van der Waals surface area contributed by atoms with Crippen LogP contribution in [-0.2, 0) is 4.79 Å². The van der Waals surface area contributed by atoms with Crippen LogP contribution in [-0.4, -0.2) is 11.9 Å². The highest BCUT2D eigenvalue weighted by atomic mass is 19.2. The minimum Gasteiger partial charge on any atom is -0.420 e. The van der Waals surface area contributed by atoms with Gasteiger partial charge in [-0.25, -0.2) is 9.18 Å². The molecule has 2 aromatic rings. The Morgan fingerprint density at radius 1 is 1.04 bits per heavy atom. The van der Waals surface area contributed by atoms with Crippen molar-refractivity contribution >= 4 is 17.6 Å². The molecule has 0 fully saturated rings. The van der Waals surface area contributed by atoms with Crippen LogP contribution in [0, 0.1) is 17.6 Å². The third-order valence-electron chi connectivity index (χ3n) is 3.03. The van der Waals surface area contributed by atoms with Crippen molar-refractivity contribution < 1.29 is 23.1 Å². The summed E-state index contributed by atoms with van der Waals surface area (Å²) in [4.78, 5) is 23.5. The first kappa shape index (κ1) is 16.6. The fraction of sp³-hybridized carbons (Fsp3) is 0.176. The van der Waals surface area contributed by atoms with Crippen LogP contribution >= 0.6 is 0 Å². The number of esters is 1. The van der Waals surface area contributed by atoms with Crippen molar-refractivity contribution in [1.29, 1.82) is 0 Å².